The Bertz CT molecular complexity index is 1190. The van der Waals surface area contributed by atoms with Crippen molar-refractivity contribution in [2.75, 3.05) is 11.9 Å². The fraction of sp³-hybridized carbons (Fsp3) is 0.160. The fourth-order valence-electron chi connectivity index (χ4n) is 2.92. The van der Waals surface area contributed by atoms with E-state index in [0.29, 0.717) is 45.0 Å². The van der Waals surface area contributed by atoms with Gasteiger partial charge in [-0.1, -0.05) is 47.5 Å². The van der Waals surface area contributed by atoms with Crippen molar-refractivity contribution in [3.8, 4) is 11.5 Å². The van der Waals surface area contributed by atoms with E-state index in [-0.39, 0.29) is 6.61 Å². The molecule has 0 heterocycles. The number of benzene rings is 3. The Kier molecular flexibility index (Phi) is 8.90. The summed E-state index contributed by atoms with van der Waals surface area (Å²) in [5, 5.41) is 7.43. The van der Waals surface area contributed by atoms with E-state index in [2.05, 4.69) is 15.8 Å². The van der Waals surface area contributed by atoms with Crippen molar-refractivity contribution in [2.24, 2.45) is 5.10 Å². The van der Waals surface area contributed by atoms with Crippen LogP contribution in [0.5, 0.6) is 11.5 Å². The molecule has 0 fully saturated rings. The maximum atomic E-state index is 12.1. The fourth-order valence-corrected chi connectivity index (χ4v) is 3.43. The van der Waals surface area contributed by atoms with Crippen molar-refractivity contribution in [1.29, 1.82) is 0 Å². The number of ether oxygens (including phenoxy) is 2. The number of hydrazone groups is 1. The molecule has 0 aliphatic rings. The Labute approximate surface area is 207 Å². The van der Waals surface area contributed by atoms with E-state index < -0.39 is 11.8 Å². The molecular formula is C25H23Cl2N3O4. The minimum Gasteiger partial charge on any atom is -0.490 e. The summed E-state index contributed by atoms with van der Waals surface area (Å²) in [6.45, 7) is 4.26. The zero-order valence-electron chi connectivity index (χ0n) is 18.6. The molecule has 0 saturated carbocycles. The van der Waals surface area contributed by atoms with Gasteiger partial charge in [0.05, 0.1) is 12.8 Å². The molecule has 2 N–H and O–H groups in total. The van der Waals surface area contributed by atoms with Gasteiger partial charge in [0, 0.05) is 21.3 Å². The summed E-state index contributed by atoms with van der Waals surface area (Å²) in [6, 6.07) is 17.5. The summed E-state index contributed by atoms with van der Waals surface area (Å²) in [5.74, 6) is -0.723. The van der Waals surface area contributed by atoms with Gasteiger partial charge in [0.15, 0.2) is 11.5 Å². The second-order valence-electron chi connectivity index (χ2n) is 7.10. The van der Waals surface area contributed by atoms with Crippen molar-refractivity contribution in [3.63, 3.8) is 0 Å². The van der Waals surface area contributed by atoms with Crippen LogP contribution in [-0.2, 0) is 16.2 Å². The van der Waals surface area contributed by atoms with Crippen LogP contribution in [0.3, 0.4) is 0 Å². The van der Waals surface area contributed by atoms with E-state index in [0.717, 1.165) is 5.56 Å². The highest BCUT2D eigenvalue weighted by atomic mass is 35.5. The van der Waals surface area contributed by atoms with Crippen LogP contribution in [0.4, 0.5) is 5.69 Å². The molecule has 0 spiro atoms. The van der Waals surface area contributed by atoms with E-state index >= 15 is 0 Å². The molecule has 0 saturated heterocycles. The summed E-state index contributed by atoms with van der Waals surface area (Å²) in [4.78, 5) is 24.1. The number of rotatable bonds is 8. The maximum absolute atomic E-state index is 12.1. The van der Waals surface area contributed by atoms with Gasteiger partial charge in [-0.3, -0.25) is 9.59 Å². The number of nitrogens with one attached hydrogen (secondary N) is 2. The van der Waals surface area contributed by atoms with Crippen LogP contribution in [0.25, 0.3) is 0 Å². The van der Waals surface area contributed by atoms with E-state index in [4.69, 9.17) is 32.7 Å². The molecule has 0 aliphatic heterocycles. The summed E-state index contributed by atoms with van der Waals surface area (Å²) in [5.41, 5.74) is 4.91. The number of para-hydroxylation sites is 1. The Balaban J connectivity index is 1.63. The van der Waals surface area contributed by atoms with Gasteiger partial charge >= 0.3 is 11.8 Å². The number of hydrogen-bond acceptors (Lipinski definition) is 5. The lowest BCUT2D eigenvalue weighted by Gasteiger charge is -2.14. The molecule has 7 nitrogen and oxygen atoms in total. The highest BCUT2D eigenvalue weighted by Gasteiger charge is 2.14. The second kappa shape index (κ2) is 12.1. The van der Waals surface area contributed by atoms with Crippen molar-refractivity contribution in [2.45, 2.75) is 20.5 Å². The zero-order valence-corrected chi connectivity index (χ0v) is 20.1. The van der Waals surface area contributed by atoms with E-state index in [9.17, 15) is 9.59 Å². The van der Waals surface area contributed by atoms with Gasteiger partial charge in [-0.2, -0.15) is 5.10 Å². The average Bonchev–Trinajstić information content (AvgIpc) is 2.81. The monoisotopic (exact) mass is 499 g/mol. The highest BCUT2D eigenvalue weighted by Crippen LogP contribution is 2.31. The predicted octanol–water partition coefficient (Wildman–Crippen LogP) is 5.37. The predicted molar refractivity (Wildman–Crippen MR) is 134 cm³/mol. The Hall–Kier alpha value is -3.55. The van der Waals surface area contributed by atoms with Crippen molar-refractivity contribution in [3.05, 3.63) is 87.4 Å². The molecule has 0 radical (unpaired) electrons. The lowest BCUT2D eigenvalue weighted by Crippen LogP contribution is -2.32. The summed E-state index contributed by atoms with van der Waals surface area (Å²) in [6.07, 6.45) is 1.40. The summed E-state index contributed by atoms with van der Waals surface area (Å²) < 4.78 is 11.5. The minimum absolute atomic E-state index is 0.165. The van der Waals surface area contributed by atoms with Crippen LogP contribution in [-0.4, -0.2) is 24.6 Å². The first kappa shape index (κ1) is 25.1. The molecule has 176 valence electrons. The largest absolute Gasteiger partial charge is 0.490 e. The quantitative estimate of drug-likeness (QED) is 0.247. The molecule has 3 rings (SSSR count). The first-order valence-electron chi connectivity index (χ1n) is 10.4. The number of anilines is 1. The second-order valence-corrected chi connectivity index (χ2v) is 7.91. The Morgan fingerprint density at radius 2 is 1.68 bits per heavy atom. The molecular weight excluding hydrogens is 477 g/mol. The lowest BCUT2D eigenvalue weighted by molar-refractivity contribution is -0.136. The van der Waals surface area contributed by atoms with Crippen molar-refractivity contribution in [1.82, 2.24) is 5.43 Å². The molecule has 3 aromatic carbocycles. The molecule has 3 aromatic rings. The zero-order chi connectivity index (χ0) is 24.5. The SMILES string of the molecule is CCOc1cc(/C=N\NC(=O)C(=O)Nc2ccccc2C)ccc1OCc1c(Cl)cccc1Cl. The molecule has 0 unspecified atom stereocenters. The standard InChI is InChI=1S/C25H23Cl2N3O4/c1-3-33-23-13-17(11-12-22(23)34-15-18-19(26)8-6-9-20(18)27)14-28-30-25(32)24(31)29-21-10-5-4-7-16(21)2/h4-14H,3,15H2,1-2H3,(H,29,31)(H,30,32)/b28-14-. The van der Waals surface area contributed by atoms with Gasteiger partial charge in [-0.25, -0.2) is 5.43 Å². The molecule has 0 aliphatic carbocycles. The van der Waals surface area contributed by atoms with Crippen LogP contribution in [0, 0.1) is 6.92 Å². The van der Waals surface area contributed by atoms with E-state index in [1.54, 1.807) is 48.5 Å². The number of carbonyl (C=O) groups excluding carboxylic acids is 2. The molecule has 9 heteroatoms. The van der Waals surface area contributed by atoms with Gasteiger partial charge in [-0.15, -0.1) is 0 Å². The average molecular weight is 500 g/mol. The van der Waals surface area contributed by atoms with Crippen LogP contribution in [0.1, 0.15) is 23.6 Å². The minimum atomic E-state index is -0.888. The van der Waals surface area contributed by atoms with Gasteiger partial charge in [0.2, 0.25) is 0 Å². The number of amides is 2. The molecule has 34 heavy (non-hydrogen) atoms. The van der Waals surface area contributed by atoms with Crippen LogP contribution in [0.2, 0.25) is 10.0 Å². The molecule has 0 bridgehead atoms. The van der Waals surface area contributed by atoms with Crippen LogP contribution in [0.15, 0.2) is 65.8 Å². The topological polar surface area (TPSA) is 89.0 Å². The third kappa shape index (κ3) is 6.73. The number of aryl methyl sites for hydroxylation is 1. The van der Waals surface area contributed by atoms with Crippen LogP contribution >= 0.6 is 23.2 Å². The van der Waals surface area contributed by atoms with Crippen LogP contribution < -0.4 is 20.2 Å². The first-order valence-corrected chi connectivity index (χ1v) is 11.2. The summed E-state index contributed by atoms with van der Waals surface area (Å²) in [7, 11) is 0. The molecule has 0 atom stereocenters. The normalized spacial score (nSPS) is 10.7. The number of hydrogen-bond donors (Lipinski definition) is 2. The van der Waals surface area contributed by atoms with Gasteiger partial charge < -0.3 is 14.8 Å². The van der Waals surface area contributed by atoms with Gasteiger partial charge in [0.25, 0.3) is 0 Å². The molecule has 2 amide bonds. The van der Waals surface area contributed by atoms with Gasteiger partial charge in [-0.05, 0) is 61.4 Å². The first-order chi connectivity index (χ1) is 16.4. The number of halogens is 2. The van der Waals surface area contributed by atoms with Crippen molar-refractivity contribution >= 4 is 46.9 Å². The highest BCUT2D eigenvalue weighted by molar-refractivity contribution is 6.39. The Morgan fingerprint density at radius 3 is 2.38 bits per heavy atom. The summed E-state index contributed by atoms with van der Waals surface area (Å²) >= 11 is 12.4. The number of nitrogens with zero attached hydrogens (tertiary/aromatic N) is 1. The van der Waals surface area contributed by atoms with E-state index in [1.165, 1.54) is 6.21 Å². The van der Waals surface area contributed by atoms with Crippen molar-refractivity contribution < 1.29 is 19.1 Å². The molecule has 0 aromatic heterocycles. The Morgan fingerprint density at radius 1 is 0.941 bits per heavy atom. The lowest BCUT2D eigenvalue weighted by atomic mass is 10.2. The van der Waals surface area contributed by atoms with E-state index in [1.807, 2.05) is 26.0 Å². The van der Waals surface area contributed by atoms with Gasteiger partial charge in [0.1, 0.15) is 6.61 Å². The number of carbonyl (C=O) groups is 2. The smallest absolute Gasteiger partial charge is 0.329 e. The maximum Gasteiger partial charge on any atom is 0.329 e. The third-order valence-electron chi connectivity index (χ3n) is 4.68. The third-order valence-corrected chi connectivity index (χ3v) is 5.39.